The van der Waals surface area contributed by atoms with Crippen molar-refractivity contribution in [2.45, 2.75) is 333 Å². The standard InChI is InChI=1S/C74H127NO10/c1-4-7-10-13-16-19-22-25-27-29-31-33-35-36-38-40-43-46-49-52-55-58-61-67(78)73(82)75-65(66(77)60-57-54-51-48-45-42-24-21-18-15-12-9-6-3)64-83-74-72(71(81)70(80)68(63-76)84-74)85-69(79)62-59-56-53-50-47-44-41-39-37-34-32-30-28-26-23-20-17-14-11-8-5-2/h7,10,16-17,19-20,25-28,31-34,36,38,57,60,65-68,70-72,74,76-78,80-81H,4-6,8-9,11-15,18,21-24,29-30,35,37,39-56,58-59,61-64H2,1-3H3,(H,75,82)/b10-7-,19-16-,20-17-,27-25-,28-26-,33-31-,34-32-,38-36-,60-57+. The average molecular weight is 1190 g/mol. The van der Waals surface area contributed by atoms with Crippen LogP contribution < -0.4 is 5.32 Å². The van der Waals surface area contributed by atoms with Gasteiger partial charge in [0.15, 0.2) is 12.4 Å². The molecule has 488 valence electrons. The molecule has 8 atom stereocenters. The summed E-state index contributed by atoms with van der Waals surface area (Å²) >= 11 is 0. The number of aliphatic hydroxyl groups is 5. The zero-order valence-electron chi connectivity index (χ0n) is 54.2. The molecule has 0 radical (unpaired) electrons. The van der Waals surface area contributed by atoms with Gasteiger partial charge in [-0.3, -0.25) is 9.59 Å². The lowest BCUT2D eigenvalue weighted by Gasteiger charge is -2.41. The van der Waals surface area contributed by atoms with Gasteiger partial charge in [0, 0.05) is 6.42 Å². The Morgan fingerprint density at radius 3 is 1.29 bits per heavy atom. The Morgan fingerprint density at radius 2 is 0.847 bits per heavy atom. The molecule has 1 rings (SSSR count). The van der Waals surface area contributed by atoms with Crippen LogP contribution >= 0.6 is 0 Å². The molecule has 1 amide bonds. The first kappa shape index (κ1) is 79.3. The summed E-state index contributed by atoms with van der Waals surface area (Å²) in [6.45, 7) is 5.66. The van der Waals surface area contributed by atoms with E-state index in [0.29, 0.717) is 12.8 Å². The van der Waals surface area contributed by atoms with E-state index in [1.54, 1.807) is 6.08 Å². The first-order valence-electron chi connectivity index (χ1n) is 34.7. The van der Waals surface area contributed by atoms with Crippen molar-refractivity contribution in [2.24, 2.45) is 0 Å². The van der Waals surface area contributed by atoms with Gasteiger partial charge in [0.25, 0.3) is 0 Å². The van der Waals surface area contributed by atoms with Crippen LogP contribution in [0.2, 0.25) is 0 Å². The molecule has 0 saturated carbocycles. The maximum Gasteiger partial charge on any atom is 0.306 e. The SMILES string of the molecule is CC/C=C\C/C=C\C/C=C\C/C=C\C/C=C\CCCCCCCCC(O)C(=O)NC(COC1OC(CO)C(O)C(O)C1OC(=O)CCCCCCCCCC/C=C\C/C=C\C/C=C\CCCCC)C(O)/C=C/CCCCCCCCCCCCC. The van der Waals surface area contributed by atoms with Gasteiger partial charge in [-0.1, -0.05) is 278 Å². The fourth-order valence-corrected chi connectivity index (χ4v) is 10.2. The number of nitrogens with one attached hydrogen (secondary N) is 1. The summed E-state index contributed by atoms with van der Waals surface area (Å²) in [6.07, 6.45) is 72.5. The summed E-state index contributed by atoms with van der Waals surface area (Å²) in [6, 6.07) is -1.04. The van der Waals surface area contributed by atoms with Crippen LogP contribution in [0.15, 0.2) is 109 Å². The van der Waals surface area contributed by atoms with Gasteiger partial charge in [0.1, 0.15) is 24.4 Å². The molecule has 1 aliphatic rings. The number of amides is 1. The zero-order chi connectivity index (χ0) is 61.7. The van der Waals surface area contributed by atoms with E-state index in [-0.39, 0.29) is 19.4 Å². The van der Waals surface area contributed by atoms with Gasteiger partial charge >= 0.3 is 5.97 Å². The monoisotopic (exact) mass is 1190 g/mol. The summed E-state index contributed by atoms with van der Waals surface area (Å²) in [5.74, 6) is -1.22. The van der Waals surface area contributed by atoms with Gasteiger partial charge in [0.2, 0.25) is 5.91 Å². The van der Waals surface area contributed by atoms with E-state index < -0.39 is 67.4 Å². The van der Waals surface area contributed by atoms with E-state index in [2.05, 4.69) is 123 Å². The molecule has 0 aliphatic carbocycles. The van der Waals surface area contributed by atoms with Crippen LogP contribution in [0.25, 0.3) is 0 Å². The third kappa shape index (κ3) is 48.0. The van der Waals surface area contributed by atoms with E-state index >= 15 is 0 Å². The second-order valence-electron chi connectivity index (χ2n) is 23.5. The highest BCUT2D eigenvalue weighted by molar-refractivity contribution is 5.80. The zero-order valence-corrected chi connectivity index (χ0v) is 54.2. The molecule has 0 aromatic heterocycles. The summed E-state index contributed by atoms with van der Waals surface area (Å²) < 4.78 is 17.7. The van der Waals surface area contributed by atoms with Gasteiger partial charge in [-0.05, 0) is 109 Å². The van der Waals surface area contributed by atoms with Crippen molar-refractivity contribution in [1.29, 1.82) is 0 Å². The van der Waals surface area contributed by atoms with Gasteiger partial charge in [0.05, 0.1) is 25.4 Å². The molecule has 0 bridgehead atoms. The van der Waals surface area contributed by atoms with Gasteiger partial charge < -0.3 is 45.1 Å². The van der Waals surface area contributed by atoms with Crippen LogP contribution in [-0.4, -0.2) is 99.6 Å². The van der Waals surface area contributed by atoms with E-state index in [0.717, 1.165) is 135 Å². The Kier molecular flexibility index (Phi) is 56.6. The molecule has 11 heteroatoms. The minimum atomic E-state index is -1.63. The molecule has 6 N–H and O–H groups in total. The highest BCUT2D eigenvalue weighted by atomic mass is 16.7. The van der Waals surface area contributed by atoms with Crippen molar-refractivity contribution < 1.29 is 49.3 Å². The van der Waals surface area contributed by atoms with Crippen LogP contribution in [0, 0.1) is 0 Å². The molecule has 0 aromatic rings. The van der Waals surface area contributed by atoms with Crippen molar-refractivity contribution in [3.8, 4) is 0 Å². The predicted octanol–water partition coefficient (Wildman–Crippen LogP) is 17.6. The second-order valence-corrected chi connectivity index (χ2v) is 23.5. The third-order valence-corrected chi connectivity index (χ3v) is 15.7. The molecule has 11 nitrogen and oxygen atoms in total. The lowest BCUT2D eigenvalue weighted by Crippen LogP contribution is -2.61. The second kappa shape index (κ2) is 60.6. The van der Waals surface area contributed by atoms with Crippen molar-refractivity contribution in [1.82, 2.24) is 5.32 Å². The highest BCUT2D eigenvalue weighted by Gasteiger charge is 2.47. The molecule has 8 unspecified atom stereocenters. The van der Waals surface area contributed by atoms with Crippen LogP contribution in [0.3, 0.4) is 0 Å². The topological polar surface area (TPSA) is 175 Å². The summed E-state index contributed by atoms with van der Waals surface area (Å²) in [4.78, 5) is 26.7. The number of allylic oxidation sites excluding steroid dienone is 17. The Hall–Kier alpha value is -3.68. The van der Waals surface area contributed by atoms with Crippen LogP contribution in [0.1, 0.15) is 284 Å². The molecule has 85 heavy (non-hydrogen) atoms. The summed E-state index contributed by atoms with van der Waals surface area (Å²) in [5.41, 5.74) is 0. The number of unbranched alkanes of at least 4 members (excludes halogenated alkanes) is 28. The predicted molar refractivity (Wildman–Crippen MR) is 356 cm³/mol. The molecule has 1 aliphatic heterocycles. The van der Waals surface area contributed by atoms with Crippen molar-refractivity contribution in [3.05, 3.63) is 109 Å². The first-order valence-corrected chi connectivity index (χ1v) is 34.7. The molecular formula is C74H127NO10. The lowest BCUT2D eigenvalue weighted by molar-refractivity contribution is -0.305. The maximum atomic E-state index is 13.5. The minimum Gasteiger partial charge on any atom is -0.454 e. The quantitative estimate of drug-likeness (QED) is 0.0195. The largest absolute Gasteiger partial charge is 0.454 e. The third-order valence-electron chi connectivity index (χ3n) is 15.7. The minimum absolute atomic E-state index is 0.109. The molecular weight excluding hydrogens is 1060 g/mol. The molecule has 1 heterocycles. The lowest BCUT2D eigenvalue weighted by atomic mass is 9.99. The Labute approximate surface area is 519 Å². The Morgan fingerprint density at radius 1 is 0.471 bits per heavy atom. The van der Waals surface area contributed by atoms with Crippen molar-refractivity contribution in [2.75, 3.05) is 13.2 Å². The Bertz CT molecular complexity index is 1800. The highest BCUT2D eigenvalue weighted by Crippen LogP contribution is 2.26. The summed E-state index contributed by atoms with van der Waals surface area (Å²) in [7, 11) is 0. The van der Waals surface area contributed by atoms with E-state index in [4.69, 9.17) is 14.2 Å². The Balaban J connectivity index is 2.64. The fourth-order valence-electron chi connectivity index (χ4n) is 10.2. The van der Waals surface area contributed by atoms with E-state index in [1.165, 1.54) is 103 Å². The summed E-state index contributed by atoms with van der Waals surface area (Å²) in [5, 5.41) is 57.2. The van der Waals surface area contributed by atoms with Crippen molar-refractivity contribution >= 4 is 11.9 Å². The number of esters is 1. The van der Waals surface area contributed by atoms with Gasteiger partial charge in [-0.2, -0.15) is 0 Å². The average Bonchev–Trinajstić information content (AvgIpc) is 3.19. The molecule has 1 fully saturated rings. The fraction of sp³-hybridized carbons (Fsp3) is 0.730. The molecule has 1 saturated heterocycles. The van der Waals surface area contributed by atoms with Gasteiger partial charge in [-0.25, -0.2) is 0 Å². The van der Waals surface area contributed by atoms with Crippen LogP contribution in [0.5, 0.6) is 0 Å². The number of hydrogen-bond donors (Lipinski definition) is 6. The number of aliphatic hydroxyl groups excluding tert-OH is 5. The number of carbonyl (C=O) groups is 2. The number of carbonyl (C=O) groups excluding carboxylic acids is 2. The van der Waals surface area contributed by atoms with Crippen LogP contribution in [0.4, 0.5) is 0 Å². The van der Waals surface area contributed by atoms with E-state index in [9.17, 15) is 35.1 Å². The van der Waals surface area contributed by atoms with Crippen LogP contribution in [-0.2, 0) is 23.8 Å². The van der Waals surface area contributed by atoms with Crippen molar-refractivity contribution in [3.63, 3.8) is 0 Å². The number of ether oxygens (including phenoxy) is 3. The van der Waals surface area contributed by atoms with E-state index in [1.807, 2.05) is 6.08 Å². The normalized spacial score (nSPS) is 19.1. The van der Waals surface area contributed by atoms with Gasteiger partial charge in [-0.15, -0.1) is 0 Å². The number of rotatable bonds is 58. The maximum absolute atomic E-state index is 13.5. The number of hydrogen-bond acceptors (Lipinski definition) is 10. The smallest absolute Gasteiger partial charge is 0.306 e. The molecule has 0 aromatic carbocycles. The molecule has 0 spiro atoms. The first-order chi connectivity index (χ1) is 41.7.